The highest BCUT2D eigenvalue weighted by Gasteiger charge is 2.12. The van der Waals surface area contributed by atoms with Gasteiger partial charge >= 0.3 is 0 Å². The molecule has 1 heterocycles. The van der Waals surface area contributed by atoms with Crippen LogP contribution < -0.4 is 20.1 Å². The minimum atomic E-state index is -0.351. The third kappa shape index (κ3) is 5.57. The van der Waals surface area contributed by atoms with Crippen molar-refractivity contribution >= 4 is 11.8 Å². The average Bonchev–Trinajstić information content (AvgIpc) is 2.81. The second kappa shape index (κ2) is 10.1. The van der Waals surface area contributed by atoms with Gasteiger partial charge in [0.1, 0.15) is 22.9 Å². The first kappa shape index (κ1) is 20.9. The molecular weight excluding hydrogens is 382 g/mol. The first-order valence-corrected chi connectivity index (χ1v) is 9.38. The molecule has 0 unspecified atom stereocenters. The molecule has 7 heteroatoms. The van der Waals surface area contributed by atoms with E-state index in [-0.39, 0.29) is 23.2 Å². The van der Waals surface area contributed by atoms with E-state index in [1.807, 2.05) is 48.5 Å². The molecule has 0 saturated carbocycles. The van der Waals surface area contributed by atoms with Gasteiger partial charge in [-0.2, -0.15) is 0 Å². The summed E-state index contributed by atoms with van der Waals surface area (Å²) >= 11 is 0. The number of hydrogen-bond acceptors (Lipinski definition) is 5. The lowest BCUT2D eigenvalue weighted by atomic mass is 10.2. The highest BCUT2D eigenvalue weighted by atomic mass is 16.5. The predicted octanol–water partition coefficient (Wildman–Crippen LogP) is 2.96. The van der Waals surface area contributed by atoms with Gasteiger partial charge in [0.15, 0.2) is 0 Å². The Bertz CT molecular complexity index is 923. The third-order valence-corrected chi connectivity index (χ3v) is 4.44. The van der Waals surface area contributed by atoms with Crippen molar-refractivity contribution in [3.8, 4) is 11.5 Å². The molecule has 2 amide bonds. The van der Waals surface area contributed by atoms with Crippen LogP contribution >= 0.6 is 0 Å². The van der Waals surface area contributed by atoms with Crippen LogP contribution in [0.1, 0.15) is 32.1 Å². The summed E-state index contributed by atoms with van der Waals surface area (Å²) in [5.74, 6) is 0.798. The summed E-state index contributed by atoms with van der Waals surface area (Å²) in [5, 5.41) is 5.60. The summed E-state index contributed by atoms with van der Waals surface area (Å²) in [7, 11) is 3.20. The molecule has 154 valence electrons. The number of carbonyl (C=O) groups excluding carboxylic acids is 2. The van der Waals surface area contributed by atoms with Gasteiger partial charge in [-0.05, 0) is 47.5 Å². The number of rotatable bonds is 8. The molecule has 0 aliphatic heterocycles. The maximum Gasteiger partial charge on any atom is 0.270 e. The number of methoxy groups -OCH3 is 2. The number of nitrogens with zero attached hydrogens (tertiary/aromatic N) is 1. The Labute approximate surface area is 175 Å². The molecule has 0 saturated heterocycles. The second-order valence-corrected chi connectivity index (χ2v) is 6.47. The van der Waals surface area contributed by atoms with Gasteiger partial charge in [0, 0.05) is 13.1 Å². The van der Waals surface area contributed by atoms with E-state index < -0.39 is 0 Å². The Morgan fingerprint density at radius 1 is 0.700 bits per heavy atom. The standard InChI is InChI=1S/C23H23N3O4/c1-29-18-10-6-16(7-11-18)14-24-22(27)20-4-3-5-21(26-20)23(28)25-15-17-8-12-19(30-2)13-9-17/h3-13H,14-15H2,1-2H3,(H,24,27)(H,25,28). The molecule has 30 heavy (non-hydrogen) atoms. The number of ether oxygens (including phenoxy) is 2. The van der Waals surface area contributed by atoms with Crippen LogP contribution in [0.5, 0.6) is 11.5 Å². The predicted molar refractivity (Wildman–Crippen MR) is 113 cm³/mol. The van der Waals surface area contributed by atoms with Gasteiger partial charge in [0.25, 0.3) is 11.8 Å². The van der Waals surface area contributed by atoms with E-state index in [9.17, 15) is 9.59 Å². The summed E-state index contributed by atoms with van der Waals surface area (Å²) in [6.07, 6.45) is 0. The maximum absolute atomic E-state index is 12.4. The number of nitrogens with one attached hydrogen (secondary N) is 2. The van der Waals surface area contributed by atoms with Crippen LogP contribution in [0.2, 0.25) is 0 Å². The van der Waals surface area contributed by atoms with Crippen LogP contribution in [0.3, 0.4) is 0 Å². The smallest absolute Gasteiger partial charge is 0.270 e. The fourth-order valence-electron chi connectivity index (χ4n) is 2.72. The van der Waals surface area contributed by atoms with E-state index in [4.69, 9.17) is 9.47 Å². The molecule has 0 spiro atoms. The summed E-state index contributed by atoms with van der Waals surface area (Å²) < 4.78 is 10.2. The fourth-order valence-corrected chi connectivity index (χ4v) is 2.72. The Morgan fingerprint density at radius 2 is 1.10 bits per heavy atom. The number of aromatic nitrogens is 1. The van der Waals surface area contributed by atoms with Crippen LogP contribution in [0.15, 0.2) is 66.7 Å². The maximum atomic E-state index is 12.4. The highest BCUT2D eigenvalue weighted by molar-refractivity contribution is 5.96. The topological polar surface area (TPSA) is 89.5 Å². The molecule has 7 nitrogen and oxygen atoms in total. The number of amides is 2. The first-order chi connectivity index (χ1) is 14.6. The van der Waals surface area contributed by atoms with Crippen molar-refractivity contribution in [2.75, 3.05) is 14.2 Å². The molecule has 0 aliphatic rings. The van der Waals surface area contributed by atoms with Crippen molar-refractivity contribution in [3.05, 3.63) is 89.2 Å². The molecule has 1 aromatic heterocycles. The summed E-state index contributed by atoms with van der Waals surface area (Å²) in [6, 6.07) is 19.6. The first-order valence-electron chi connectivity index (χ1n) is 9.38. The van der Waals surface area contributed by atoms with Crippen molar-refractivity contribution in [2.45, 2.75) is 13.1 Å². The van der Waals surface area contributed by atoms with Crippen LogP contribution in [0.25, 0.3) is 0 Å². The van der Waals surface area contributed by atoms with Gasteiger partial charge in [-0.15, -0.1) is 0 Å². The third-order valence-electron chi connectivity index (χ3n) is 4.44. The van der Waals surface area contributed by atoms with Crippen LogP contribution in [0.4, 0.5) is 0 Å². The number of hydrogen-bond donors (Lipinski definition) is 2. The zero-order valence-electron chi connectivity index (χ0n) is 16.8. The second-order valence-electron chi connectivity index (χ2n) is 6.47. The van der Waals surface area contributed by atoms with Gasteiger partial charge in [0.05, 0.1) is 14.2 Å². The van der Waals surface area contributed by atoms with E-state index in [0.717, 1.165) is 22.6 Å². The van der Waals surface area contributed by atoms with Gasteiger partial charge < -0.3 is 20.1 Å². The minimum Gasteiger partial charge on any atom is -0.497 e. The SMILES string of the molecule is COc1ccc(CNC(=O)c2cccc(C(=O)NCc3ccc(OC)cc3)n2)cc1. The zero-order valence-corrected chi connectivity index (χ0v) is 16.8. The lowest BCUT2D eigenvalue weighted by Gasteiger charge is -2.08. The van der Waals surface area contributed by atoms with E-state index >= 15 is 0 Å². The van der Waals surface area contributed by atoms with E-state index in [1.54, 1.807) is 32.4 Å². The van der Waals surface area contributed by atoms with Gasteiger partial charge in [-0.3, -0.25) is 9.59 Å². The lowest BCUT2D eigenvalue weighted by Crippen LogP contribution is -2.27. The molecule has 3 aromatic rings. The number of carbonyl (C=O) groups is 2. The molecule has 0 bridgehead atoms. The Kier molecular flexibility index (Phi) is 7.00. The summed E-state index contributed by atoms with van der Waals surface area (Å²) in [4.78, 5) is 29.0. The normalized spacial score (nSPS) is 10.2. The Hall–Kier alpha value is -3.87. The van der Waals surface area contributed by atoms with Crippen LogP contribution in [-0.2, 0) is 13.1 Å². The van der Waals surface area contributed by atoms with Crippen molar-refractivity contribution in [1.29, 1.82) is 0 Å². The zero-order chi connectivity index (χ0) is 21.3. The van der Waals surface area contributed by atoms with E-state index in [2.05, 4.69) is 15.6 Å². The number of benzene rings is 2. The van der Waals surface area contributed by atoms with E-state index in [1.165, 1.54) is 0 Å². The molecule has 2 N–H and O–H groups in total. The lowest BCUT2D eigenvalue weighted by molar-refractivity contribution is 0.0941. The monoisotopic (exact) mass is 405 g/mol. The van der Waals surface area contributed by atoms with Crippen molar-refractivity contribution in [1.82, 2.24) is 15.6 Å². The molecular formula is C23H23N3O4. The molecule has 0 aliphatic carbocycles. The summed E-state index contributed by atoms with van der Waals surface area (Å²) in [5.41, 5.74) is 2.22. The van der Waals surface area contributed by atoms with Crippen molar-refractivity contribution in [3.63, 3.8) is 0 Å². The fraction of sp³-hybridized carbons (Fsp3) is 0.174. The minimum absolute atomic E-state index is 0.181. The van der Waals surface area contributed by atoms with Gasteiger partial charge in [-0.1, -0.05) is 30.3 Å². The largest absolute Gasteiger partial charge is 0.497 e. The van der Waals surface area contributed by atoms with Crippen molar-refractivity contribution < 1.29 is 19.1 Å². The van der Waals surface area contributed by atoms with Crippen LogP contribution in [0, 0.1) is 0 Å². The van der Waals surface area contributed by atoms with E-state index in [0.29, 0.717) is 13.1 Å². The van der Waals surface area contributed by atoms with Crippen molar-refractivity contribution in [2.24, 2.45) is 0 Å². The van der Waals surface area contributed by atoms with Gasteiger partial charge in [0.2, 0.25) is 0 Å². The molecule has 0 atom stereocenters. The molecule has 3 rings (SSSR count). The highest BCUT2D eigenvalue weighted by Crippen LogP contribution is 2.12. The Balaban J connectivity index is 1.56. The Morgan fingerprint density at radius 3 is 1.47 bits per heavy atom. The molecule has 0 radical (unpaired) electrons. The summed E-state index contributed by atoms with van der Waals surface area (Å²) in [6.45, 7) is 0.691. The molecule has 2 aromatic carbocycles. The molecule has 0 fully saturated rings. The number of pyridine rings is 1. The quantitative estimate of drug-likeness (QED) is 0.601. The van der Waals surface area contributed by atoms with Gasteiger partial charge in [-0.25, -0.2) is 4.98 Å². The average molecular weight is 405 g/mol. The van der Waals surface area contributed by atoms with Crippen LogP contribution in [-0.4, -0.2) is 31.0 Å².